The van der Waals surface area contributed by atoms with Crippen LogP contribution < -0.4 is 5.32 Å². The number of hydrogen-bond acceptors (Lipinski definition) is 2. The van der Waals surface area contributed by atoms with Gasteiger partial charge in [-0.1, -0.05) is 37.6 Å². The average molecular weight is 265 g/mol. The second kappa shape index (κ2) is 9.46. The smallest absolute Gasteiger partial charge is 0.0187 e. The van der Waals surface area contributed by atoms with Crippen LogP contribution in [0.15, 0.2) is 24.3 Å². The van der Waals surface area contributed by atoms with Crippen molar-refractivity contribution in [3.05, 3.63) is 35.4 Å². The molecule has 1 N–H and O–H groups in total. The maximum Gasteiger partial charge on any atom is 0.0187 e. The Morgan fingerprint density at radius 2 is 2.00 bits per heavy atom. The molecule has 102 valence electrons. The lowest BCUT2D eigenvalue weighted by atomic mass is 10.1. The van der Waals surface area contributed by atoms with Crippen molar-refractivity contribution in [1.29, 1.82) is 0 Å². The van der Waals surface area contributed by atoms with Crippen molar-refractivity contribution < 1.29 is 0 Å². The molecule has 1 aromatic rings. The summed E-state index contributed by atoms with van der Waals surface area (Å²) < 4.78 is 0. The average Bonchev–Trinajstić information content (AvgIpc) is 2.36. The van der Waals surface area contributed by atoms with E-state index >= 15 is 0 Å². The maximum atomic E-state index is 3.46. The molecule has 1 aromatic carbocycles. The number of aryl methyl sites for hydroxylation is 1. The fourth-order valence-corrected chi connectivity index (χ4v) is 3.16. The zero-order valence-corrected chi connectivity index (χ0v) is 12.9. The molecule has 18 heavy (non-hydrogen) atoms. The van der Waals surface area contributed by atoms with E-state index in [2.05, 4.69) is 62.1 Å². The number of hydrogen-bond donors (Lipinski definition) is 1. The molecule has 0 aliphatic carbocycles. The van der Waals surface area contributed by atoms with Gasteiger partial charge in [-0.15, -0.1) is 0 Å². The molecule has 1 rings (SSSR count). The zero-order valence-electron chi connectivity index (χ0n) is 12.0. The molecule has 0 amide bonds. The summed E-state index contributed by atoms with van der Waals surface area (Å²) in [4.78, 5) is 0. The van der Waals surface area contributed by atoms with Gasteiger partial charge in [0, 0.05) is 11.8 Å². The number of benzene rings is 1. The SMILES string of the molecule is CCNC(C)CCCCSCc1ccccc1C. The number of nitrogens with one attached hydrogen (secondary N) is 1. The van der Waals surface area contributed by atoms with Gasteiger partial charge in [-0.3, -0.25) is 0 Å². The highest BCUT2D eigenvalue weighted by molar-refractivity contribution is 7.98. The number of rotatable bonds is 9. The molecular weight excluding hydrogens is 238 g/mol. The Hall–Kier alpha value is -0.470. The van der Waals surface area contributed by atoms with Gasteiger partial charge in [0.05, 0.1) is 0 Å². The van der Waals surface area contributed by atoms with Gasteiger partial charge in [0.15, 0.2) is 0 Å². The largest absolute Gasteiger partial charge is 0.315 e. The van der Waals surface area contributed by atoms with E-state index in [1.165, 1.54) is 36.1 Å². The summed E-state index contributed by atoms with van der Waals surface area (Å²) in [5, 5.41) is 3.46. The molecule has 0 saturated carbocycles. The molecule has 0 aromatic heterocycles. The monoisotopic (exact) mass is 265 g/mol. The van der Waals surface area contributed by atoms with Crippen molar-refractivity contribution >= 4 is 11.8 Å². The highest BCUT2D eigenvalue weighted by atomic mass is 32.2. The lowest BCUT2D eigenvalue weighted by Crippen LogP contribution is -2.25. The first-order chi connectivity index (χ1) is 8.74. The van der Waals surface area contributed by atoms with Gasteiger partial charge in [-0.25, -0.2) is 0 Å². The van der Waals surface area contributed by atoms with Gasteiger partial charge in [0.1, 0.15) is 0 Å². The van der Waals surface area contributed by atoms with E-state index in [9.17, 15) is 0 Å². The van der Waals surface area contributed by atoms with Crippen LogP contribution in [0.5, 0.6) is 0 Å². The molecule has 0 aliphatic heterocycles. The number of unbranched alkanes of at least 4 members (excludes halogenated alkanes) is 1. The summed E-state index contributed by atoms with van der Waals surface area (Å²) in [6.07, 6.45) is 3.99. The predicted octanol–water partition coefficient (Wildman–Crippen LogP) is 4.40. The molecule has 0 aliphatic rings. The molecular formula is C16H27NS. The Morgan fingerprint density at radius 1 is 1.22 bits per heavy atom. The highest BCUT2D eigenvalue weighted by Gasteiger charge is 2.00. The van der Waals surface area contributed by atoms with Crippen LogP contribution in [0.25, 0.3) is 0 Å². The Labute approximate surface area is 117 Å². The molecule has 1 atom stereocenters. The molecule has 1 unspecified atom stereocenters. The minimum absolute atomic E-state index is 0.677. The van der Waals surface area contributed by atoms with Gasteiger partial charge in [-0.2, -0.15) is 11.8 Å². The summed E-state index contributed by atoms with van der Waals surface area (Å²) in [7, 11) is 0. The summed E-state index contributed by atoms with van der Waals surface area (Å²) in [5.74, 6) is 2.45. The summed E-state index contributed by atoms with van der Waals surface area (Å²) in [6.45, 7) is 7.75. The van der Waals surface area contributed by atoms with Crippen LogP contribution in [0.1, 0.15) is 44.2 Å². The van der Waals surface area contributed by atoms with E-state index in [4.69, 9.17) is 0 Å². The van der Waals surface area contributed by atoms with E-state index in [1.807, 2.05) is 0 Å². The first kappa shape index (κ1) is 15.6. The van der Waals surface area contributed by atoms with Crippen molar-refractivity contribution in [3.63, 3.8) is 0 Å². The van der Waals surface area contributed by atoms with Crippen LogP contribution >= 0.6 is 11.8 Å². The van der Waals surface area contributed by atoms with Crippen LogP contribution in [0.2, 0.25) is 0 Å². The fourth-order valence-electron chi connectivity index (χ4n) is 2.06. The highest BCUT2D eigenvalue weighted by Crippen LogP contribution is 2.17. The topological polar surface area (TPSA) is 12.0 Å². The van der Waals surface area contributed by atoms with E-state index < -0.39 is 0 Å². The van der Waals surface area contributed by atoms with Crippen LogP contribution in [0.3, 0.4) is 0 Å². The van der Waals surface area contributed by atoms with Crippen LogP contribution in [0.4, 0.5) is 0 Å². The number of thioether (sulfide) groups is 1. The third-order valence-corrected chi connectivity index (χ3v) is 4.34. The quantitative estimate of drug-likeness (QED) is 0.664. The first-order valence-electron chi connectivity index (χ1n) is 7.09. The predicted molar refractivity (Wildman–Crippen MR) is 84.3 cm³/mol. The Kier molecular flexibility index (Phi) is 8.19. The molecule has 1 nitrogen and oxygen atoms in total. The van der Waals surface area contributed by atoms with Gasteiger partial charge in [0.25, 0.3) is 0 Å². The lowest BCUT2D eigenvalue weighted by molar-refractivity contribution is 0.510. The van der Waals surface area contributed by atoms with Crippen LogP contribution in [-0.2, 0) is 5.75 Å². The van der Waals surface area contributed by atoms with Crippen molar-refractivity contribution in [2.45, 2.75) is 51.8 Å². The summed E-state index contributed by atoms with van der Waals surface area (Å²) >= 11 is 2.07. The van der Waals surface area contributed by atoms with Crippen LogP contribution in [0, 0.1) is 6.92 Å². The Morgan fingerprint density at radius 3 is 2.72 bits per heavy atom. The normalized spacial score (nSPS) is 12.6. The van der Waals surface area contributed by atoms with E-state index in [0.29, 0.717) is 6.04 Å². The molecule has 0 heterocycles. The molecule has 0 radical (unpaired) electrons. The van der Waals surface area contributed by atoms with Crippen molar-refractivity contribution in [2.75, 3.05) is 12.3 Å². The molecule has 0 saturated heterocycles. The molecule has 0 fully saturated rings. The molecule has 0 bridgehead atoms. The third kappa shape index (κ3) is 6.46. The summed E-state index contributed by atoms with van der Waals surface area (Å²) in [6, 6.07) is 9.38. The first-order valence-corrected chi connectivity index (χ1v) is 8.25. The molecule has 0 spiro atoms. The van der Waals surface area contributed by atoms with Gasteiger partial charge in [0.2, 0.25) is 0 Å². The second-order valence-corrected chi connectivity index (χ2v) is 6.04. The van der Waals surface area contributed by atoms with Gasteiger partial charge >= 0.3 is 0 Å². The van der Waals surface area contributed by atoms with Crippen molar-refractivity contribution in [2.24, 2.45) is 0 Å². The van der Waals surface area contributed by atoms with Crippen molar-refractivity contribution in [3.8, 4) is 0 Å². The maximum absolute atomic E-state index is 3.46. The molecule has 2 heteroatoms. The summed E-state index contributed by atoms with van der Waals surface area (Å²) in [5.41, 5.74) is 2.91. The van der Waals surface area contributed by atoms with E-state index in [1.54, 1.807) is 0 Å². The minimum atomic E-state index is 0.677. The van der Waals surface area contributed by atoms with E-state index in [-0.39, 0.29) is 0 Å². The second-order valence-electron chi connectivity index (χ2n) is 4.93. The van der Waals surface area contributed by atoms with Crippen molar-refractivity contribution in [1.82, 2.24) is 5.32 Å². The minimum Gasteiger partial charge on any atom is -0.315 e. The Bertz CT molecular complexity index is 325. The van der Waals surface area contributed by atoms with E-state index in [0.717, 1.165) is 12.3 Å². The Balaban J connectivity index is 2.04. The zero-order chi connectivity index (χ0) is 13.2. The van der Waals surface area contributed by atoms with Gasteiger partial charge in [-0.05, 0) is 50.1 Å². The fraction of sp³-hybridized carbons (Fsp3) is 0.625. The van der Waals surface area contributed by atoms with Gasteiger partial charge < -0.3 is 5.32 Å². The third-order valence-electron chi connectivity index (χ3n) is 3.25. The standard InChI is InChI=1S/C16H27NS/c1-4-17-15(3)10-7-8-12-18-13-16-11-6-5-9-14(16)2/h5-6,9,11,15,17H,4,7-8,10,12-13H2,1-3H3. The van der Waals surface area contributed by atoms with Crippen LogP contribution in [-0.4, -0.2) is 18.3 Å². The lowest BCUT2D eigenvalue weighted by Gasteiger charge is -2.11.